The smallest absolute Gasteiger partial charge is 0.272 e. The number of pyridine rings is 1. The van der Waals surface area contributed by atoms with E-state index in [4.69, 9.17) is 0 Å². The number of aromatic nitrogens is 2. The molecule has 1 aliphatic heterocycles. The molecule has 150 valence electrons. The van der Waals surface area contributed by atoms with E-state index < -0.39 is 0 Å². The van der Waals surface area contributed by atoms with Crippen LogP contribution in [0.4, 0.5) is 15.9 Å². The maximum absolute atomic E-state index is 13.8. The van der Waals surface area contributed by atoms with E-state index in [1.807, 2.05) is 47.0 Å². The number of hydrogen-bond donors (Lipinski definition) is 1. The maximum Gasteiger partial charge on any atom is 0.272 e. The molecule has 4 aromatic rings. The number of nitrogens with zero attached hydrogens (tertiary/aromatic N) is 3. The van der Waals surface area contributed by atoms with Gasteiger partial charge < -0.3 is 14.8 Å². The van der Waals surface area contributed by atoms with Crippen LogP contribution >= 0.6 is 0 Å². The zero-order valence-electron chi connectivity index (χ0n) is 16.4. The van der Waals surface area contributed by atoms with E-state index in [0.29, 0.717) is 23.3 Å². The van der Waals surface area contributed by atoms with Gasteiger partial charge in [-0.3, -0.25) is 4.79 Å². The van der Waals surface area contributed by atoms with Crippen molar-refractivity contribution in [3.05, 3.63) is 90.0 Å². The van der Waals surface area contributed by atoms with E-state index in [2.05, 4.69) is 15.2 Å². The third-order valence-electron chi connectivity index (χ3n) is 5.47. The van der Waals surface area contributed by atoms with Crippen molar-refractivity contribution >= 4 is 28.3 Å². The monoisotopic (exact) mass is 400 g/mol. The second kappa shape index (κ2) is 7.63. The van der Waals surface area contributed by atoms with Crippen molar-refractivity contribution in [1.29, 1.82) is 0 Å². The second-order valence-corrected chi connectivity index (χ2v) is 7.50. The number of fused-ring (bicyclic) bond motifs is 1. The molecule has 1 saturated heterocycles. The largest absolute Gasteiger partial charge is 0.356 e. The van der Waals surface area contributed by atoms with E-state index in [-0.39, 0.29) is 11.7 Å². The summed E-state index contributed by atoms with van der Waals surface area (Å²) in [6.45, 7) is 2.56. The fourth-order valence-electron chi connectivity index (χ4n) is 3.75. The first-order chi connectivity index (χ1) is 14.7. The van der Waals surface area contributed by atoms with Crippen molar-refractivity contribution in [3.63, 3.8) is 0 Å². The number of amides is 1. The predicted octanol–water partition coefficient (Wildman–Crippen LogP) is 4.69. The number of benzene rings is 2. The normalized spacial score (nSPS) is 13.3. The number of nitrogens with one attached hydrogen (secondary N) is 1. The van der Waals surface area contributed by atoms with Crippen LogP contribution in [-0.4, -0.2) is 28.5 Å². The first kappa shape index (κ1) is 18.4. The lowest BCUT2D eigenvalue weighted by Crippen LogP contribution is -2.37. The average molecular weight is 400 g/mol. The minimum Gasteiger partial charge on any atom is -0.356 e. The van der Waals surface area contributed by atoms with E-state index in [1.165, 1.54) is 18.6 Å². The molecule has 0 atom stereocenters. The lowest BCUT2D eigenvalue weighted by Gasteiger charge is -2.31. The number of carbonyl (C=O) groups is 1. The van der Waals surface area contributed by atoms with Gasteiger partial charge in [0, 0.05) is 30.5 Å². The van der Waals surface area contributed by atoms with Gasteiger partial charge in [-0.15, -0.1) is 0 Å². The Morgan fingerprint density at radius 2 is 1.87 bits per heavy atom. The van der Waals surface area contributed by atoms with Crippen LogP contribution in [0.25, 0.3) is 10.9 Å². The van der Waals surface area contributed by atoms with Gasteiger partial charge in [-0.2, -0.15) is 0 Å². The van der Waals surface area contributed by atoms with E-state index in [1.54, 1.807) is 18.3 Å². The standard InChI is InChI=1S/C24H21FN4O/c25-19-7-9-21-18(13-19)14-22(29(21)16-17-5-2-1-3-6-17)24(30)27-20-8-10-23(26-15-20)28-11-4-12-28/h1-3,5-10,13-15H,4,11-12,16H2,(H,27,30). The Bertz CT molecular complexity index is 1200. The molecule has 0 spiro atoms. The van der Waals surface area contributed by atoms with Crippen LogP contribution in [0.2, 0.25) is 0 Å². The van der Waals surface area contributed by atoms with Gasteiger partial charge >= 0.3 is 0 Å². The van der Waals surface area contributed by atoms with Crippen LogP contribution in [0.1, 0.15) is 22.5 Å². The molecule has 30 heavy (non-hydrogen) atoms. The molecular weight excluding hydrogens is 379 g/mol. The van der Waals surface area contributed by atoms with Crippen molar-refractivity contribution in [2.75, 3.05) is 23.3 Å². The van der Waals surface area contributed by atoms with Crippen molar-refractivity contribution in [2.24, 2.45) is 0 Å². The topological polar surface area (TPSA) is 50.2 Å². The minimum atomic E-state index is -0.322. The van der Waals surface area contributed by atoms with Crippen molar-refractivity contribution in [3.8, 4) is 0 Å². The summed E-state index contributed by atoms with van der Waals surface area (Å²) in [5.74, 6) is 0.353. The summed E-state index contributed by atoms with van der Waals surface area (Å²) in [7, 11) is 0. The molecule has 3 heterocycles. The second-order valence-electron chi connectivity index (χ2n) is 7.50. The Kier molecular flexibility index (Phi) is 4.67. The molecule has 2 aromatic heterocycles. The van der Waals surface area contributed by atoms with Crippen LogP contribution < -0.4 is 10.2 Å². The highest BCUT2D eigenvalue weighted by molar-refractivity contribution is 6.06. The highest BCUT2D eigenvalue weighted by atomic mass is 19.1. The summed E-state index contributed by atoms with van der Waals surface area (Å²) >= 11 is 0. The Hall–Kier alpha value is -3.67. The van der Waals surface area contributed by atoms with Crippen molar-refractivity contribution < 1.29 is 9.18 Å². The molecule has 5 rings (SSSR count). The zero-order valence-corrected chi connectivity index (χ0v) is 16.4. The SMILES string of the molecule is O=C(Nc1ccc(N2CCC2)nc1)c1cc2cc(F)ccc2n1Cc1ccccc1. The third-order valence-corrected chi connectivity index (χ3v) is 5.47. The van der Waals surface area contributed by atoms with Gasteiger partial charge in [0.15, 0.2) is 0 Å². The van der Waals surface area contributed by atoms with E-state index in [9.17, 15) is 9.18 Å². The molecule has 0 unspecified atom stereocenters. The van der Waals surface area contributed by atoms with Gasteiger partial charge in [0.2, 0.25) is 0 Å². The van der Waals surface area contributed by atoms with Crippen LogP contribution in [0.5, 0.6) is 0 Å². The summed E-state index contributed by atoms with van der Waals surface area (Å²) in [6, 6.07) is 20.0. The van der Waals surface area contributed by atoms with Crippen molar-refractivity contribution in [2.45, 2.75) is 13.0 Å². The van der Waals surface area contributed by atoms with Crippen molar-refractivity contribution in [1.82, 2.24) is 9.55 Å². The van der Waals surface area contributed by atoms with E-state index >= 15 is 0 Å². The lowest BCUT2D eigenvalue weighted by molar-refractivity contribution is 0.101. The van der Waals surface area contributed by atoms with Gasteiger partial charge in [0.1, 0.15) is 17.3 Å². The predicted molar refractivity (Wildman–Crippen MR) is 116 cm³/mol. The van der Waals surface area contributed by atoms with Crippen LogP contribution in [-0.2, 0) is 6.54 Å². The number of carbonyl (C=O) groups excluding carboxylic acids is 1. The molecular formula is C24H21FN4O. The Morgan fingerprint density at radius 1 is 1.03 bits per heavy atom. The molecule has 0 bridgehead atoms. The fraction of sp³-hybridized carbons (Fsp3) is 0.167. The first-order valence-corrected chi connectivity index (χ1v) is 10.0. The molecule has 1 amide bonds. The molecule has 5 nitrogen and oxygen atoms in total. The fourth-order valence-corrected chi connectivity index (χ4v) is 3.75. The summed E-state index contributed by atoms with van der Waals surface area (Å²) in [5.41, 5.74) is 2.99. The molecule has 0 radical (unpaired) electrons. The minimum absolute atomic E-state index is 0.249. The summed E-state index contributed by atoms with van der Waals surface area (Å²) in [4.78, 5) is 19.7. The highest BCUT2D eigenvalue weighted by Crippen LogP contribution is 2.24. The molecule has 1 fully saturated rings. The zero-order chi connectivity index (χ0) is 20.5. The van der Waals surface area contributed by atoms with E-state index in [0.717, 1.165) is 30.0 Å². The summed E-state index contributed by atoms with van der Waals surface area (Å²) in [6.07, 6.45) is 2.86. The van der Waals surface area contributed by atoms with Gasteiger partial charge in [0.05, 0.1) is 11.9 Å². The van der Waals surface area contributed by atoms with Crippen LogP contribution in [0.3, 0.4) is 0 Å². The quantitative estimate of drug-likeness (QED) is 0.529. The maximum atomic E-state index is 13.8. The summed E-state index contributed by atoms with van der Waals surface area (Å²) < 4.78 is 15.7. The van der Waals surface area contributed by atoms with Crippen LogP contribution in [0, 0.1) is 5.82 Å². The van der Waals surface area contributed by atoms with Gasteiger partial charge in [-0.1, -0.05) is 30.3 Å². The highest BCUT2D eigenvalue weighted by Gasteiger charge is 2.18. The van der Waals surface area contributed by atoms with Gasteiger partial charge in [-0.05, 0) is 48.4 Å². The van der Waals surface area contributed by atoms with Gasteiger partial charge in [0.25, 0.3) is 5.91 Å². The molecule has 0 aliphatic carbocycles. The molecule has 0 saturated carbocycles. The average Bonchev–Trinajstić information content (AvgIpc) is 3.06. The van der Waals surface area contributed by atoms with Crippen LogP contribution in [0.15, 0.2) is 72.9 Å². The Labute approximate surface area is 173 Å². The number of hydrogen-bond acceptors (Lipinski definition) is 3. The lowest BCUT2D eigenvalue weighted by atomic mass is 10.2. The Balaban J connectivity index is 1.46. The summed E-state index contributed by atoms with van der Waals surface area (Å²) in [5, 5.41) is 3.62. The molecule has 6 heteroatoms. The first-order valence-electron chi connectivity index (χ1n) is 10.0. The number of anilines is 2. The number of halogens is 1. The van der Waals surface area contributed by atoms with Gasteiger partial charge in [-0.25, -0.2) is 9.37 Å². The Morgan fingerprint density at radius 3 is 2.57 bits per heavy atom. The number of rotatable bonds is 5. The third kappa shape index (κ3) is 3.52. The molecule has 2 aromatic carbocycles. The molecule has 1 N–H and O–H groups in total. The molecule has 1 aliphatic rings.